The van der Waals surface area contributed by atoms with Crippen LogP contribution in [0.25, 0.3) is 5.69 Å². The van der Waals surface area contributed by atoms with Crippen LogP contribution in [-0.4, -0.2) is 9.78 Å². The Labute approximate surface area is 110 Å². The minimum Gasteiger partial charge on any atom is -0.393 e. The van der Waals surface area contributed by atoms with Crippen LogP contribution >= 0.6 is 0 Å². The maximum Gasteiger partial charge on any atom is 0.294 e. The first-order valence-corrected chi connectivity index (χ1v) is 6.53. The van der Waals surface area contributed by atoms with E-state index in [1.54, 1.807) is 12.1 Å². The van der Waals surface area contributed by atoms with Crippen molar-refractivity contribution in [2.75, 3.05) is 5.73 Å². The van der Waals surface area contributed by atoms with Crippen molar-refractivity contribution in [1.29, 1.82) is 0 Å². The zero-order valence-electron chi connectivity index (χ0n) is 10.5. The van der Waals surface area contributed by atoms with E-state index in [1.165, 1.54) is 16.8 Å². The van der Waals surface area contributed by atoms with Crippen LogP contribution in [0, 0.1) is 5.82 Å². The minimum absolute atomic E-state index is 0.260. The van der Waals surface area contributed by atoms with E-state index in [9.17, 15) is 9.18 Å². The summed E-state index contributed by atoms with van der Waals surface area (Å²) < 4.78 is 14.6. The maximum atomic E-state index is 13.2. The van der Waals surface area contributed by atoms with Crippen LogP contribution in [0.15, 0.2) is 29.1 Å². The van der Waals surface area contributed by atoms with Crippen molar-refractivity contribution in [2.45, 2.75) is 31.6 Å². The summed E-state index contributed by atoms with van der Waals surface area (Å²) in [7, 11) is 0. The second-order valence-corrected chi connectivity index (χ2v) is 5.04. The van der Waals surface area contributed by atoms with Gasteiger partial charge in [-0.2, -0.15) is 0 Å². The Hall–Kier alpha value is -2.04. The van der Waals surface area contributed by atoms with E-state index in [0.717, 1.165) is 31.4 Å². The number of hydrogen-bond acceptors (Lipinski definition) is 2. The molecule has 19 heavy (non-hydrogen) atoms. The molecule has 1 fully saturated rings. The van der Waals surface area contributed by atoms with E-state index >= 15 is 0 Å². The van der Waals surface area contributed by atoms with E-state index in [4.69, 9.17) is 5.73 Å². The molecule has 1 aliphatic carbocycles. The number of rotatable bonds is 2. The lowest BCUT2D eigenvalue weighted by atomic mass is 10.0. The van der Waals surface area contributed by atoms with Gasteiger partial charge in [-0.05, 0) is 31.0 Å². The number of nitrogen functional groups attached to an aromatic ring is 1. The van der Waals surface area contributed by atoms with Crippen molar-refractivity contribution in [1.82, 2.24) is 9.78 Å². The Morgan fingerprint density at radius 3 is 2.74 bits per heavy atom. The number of halogens is 1. The van der Waals surface area contributed by atoms with Crippen molar-refractivity contribution in [3.05, 3.63) is 46.1 Å². The van der Waals surface area contributed by atoms with Crippen LogP contribution in [0.4, 0.5) is 10.1 Å². The van der Waals surface area contributed by atoms with Crippen LogP contribution < -0.4 is 11.3 Å². The van der Waals surface area contributed by atoms with Crippen LogP contribution in [0.1, 0.15) is 37.3 Å². The molecule has 5 heteroatoms. The number of benzene rings is 1. The van der Waals surface area contributed by atoms with Crippen LogP contribution in [0.2, 0.25) is 0 Å². The zero-order chi connectivity index (χ0) is 13.4. The van der Waals surface area contributed by atoms with Gasteiger partial charge in [0.15, 0.2) is 0 Å². The van der Waals surface area contributed by atoms with Crippen molar-refractivity contribution < 1.29 is 4.39 Å². The lowest BCUT2D eigenvalue weighted by Gasteiger charge is -2.07. The fraction of sp³-hybridized carbons (Fsp3) is 0.357. The summed E-state index contributed by atoms with van der Waals surface area (Å²) in [5, 5.41) is 3.05. The summed E-state index contributed by atoms with van der Waals surface area (Å²) in [6.45, 7) is 0. The fourth-order valence-electron chi connectivity index (χ4n) is 2.79. The SMILES string of the molecule is Nc1c(C2CCCC2)[nH]n(-c2cccc(F)c2)c1=O. The average molecular weight is 261 g/mol. The third-order valence-electron chi connectivity index (χ3n) is 3.79. The second-order valence-electron chi connectivity index (χ2n) is 5.04. The normalized spacial score (nSPS) is 16.1. The van der Waals surface area contributed by atoms with Crippen molar-refractivity contribution in [3.63, 3.8) is 0 Å². The molecule has 1 aliphatic rings. The predicted octanol–water partition coefficient (Wildman–Crippen LogP) is 2.54. The highest BCUT2D eigenvalue weighted by Crippen LogP contribution is 2.34. The molecule has 3 N–H and O–H groups in total. The molecule has 1 heterocycles. The molecule has 0 atom stereocenters. The Balaban J connectivity index is 2.08. The third-order valence-corrected chi connectivity index (χ3v) is 3.79. The summed E-state index contributed by atoms with van der Waals surface area (Å²) in [6.07, 6.45) is 4.43. The molecular formula is C14H16FN3O. The molecule has 0 saturated heterocycles. The van der Waals surface area contributed by atoms with Gasteiger partial charge in [-0.3, -0.25) is 9.89 Å². The highest BCUT2D eigenvalue weighted by atomic mass is 19.1. The number of aromatic amines is 1. The maximum absolute atomic E-state index is 13.2. The van der Waals surface area contributed by atoms with Crippen LogP contribution in [0.3, 0.4) is 0 Å². The first-order valence-electron chi connectivity index (χ1n) is 6.53. The van der Waals surface area contributed by atoms with Gasteiger partial charge in [0.25, 0.3) is 5.56 Å². The van der Waals surface area contributed by atoms with Gasteiger partial charge in [0.1, 0.15) is 11.5 Å². The molecule has 0 unspecified atom stereocenters. The summed E-state index contributed by atoms with van der Waals surface area (Å²) in [5.41, 5.74) is 7.13. The smallest absolute Gasteiger partial charge is 0.294 e. The highest BCUT2D eigenvalue weighted by Gasteiger charge is 2.23. The topological polar surface area (TPSA) is 63.8 Å². The molecule has 0 bridgehead atoms. The Morgan fingerprint density at radius 2 is 2.05 bits per heavy atom. The monoisotopic (exact) mass is 261 g/mol. The van der Waals surface area contributed by atoms with Gasteiger partial charge in [-0.1, -0.05) is 18.9 Å². The van der Waals surface area contributed by atoms with Gasteiger partial charge in [0.05, 0.1) is 11.4 Å². The molecule has 100 valence electrons. The molecule has 2 aromatic rings. The summed E-state index contributed by atoms with van der Waals surface area (Å²) in [6, 6.07) is 5.91. The van der Waals surface area contributed by atoms with E-state index in [2.05, 4.69) is 5.10 Å². The van der Waals surface area contributed by atoms with Gasteiger partial charge in [0.2, 0.25) is 0 Å². The minimum atomic E-state index is -0.375. The number of nitrogens with one attached hydrogen (secondary N) is 1. The number of anilines is 1. The van der Waals surface area contributed by atoms with Gasteiger partial charge < -0.3 is 5.73 Å². The molecule has 1 aromatic carbocycles. The van der Waals surface area contributed by atoms with Crippen molar-refractivity contribution >= 4 is 5.69 Å². The lowest BCUT2D eigenvalue weighted by molar-refractivity contribution is 0.623. The fourth-order valence-corrected chi connectivity index (χ4v) is 2.79. The summed E-state index contributed by atoms with van der Waals surface area (Å²) >= 11 is 0. The Morgan fingerprint density at radius 1 is 1.32 bits per heavy atom. The molecule has 0 amide bonds. The van der Waals surface area contributed by atoms with E-state index in [1.807, 2.05) is 0 Å². The molecule has 0 spiro atoms. The number of H-pyrrole nitrogens is 1. The Kier molecular flexibility index (Phi) is 2.89. The van der Waals surface area contributed by atoms with Gasteiger partial charge >= 0.3 is 0 Å². The van der Waals surface area contributed by atoms with Gasteiger partial charge in [-0.15, -0.1) is 0 Å². The van der Waals surface area contributed by atoms with Crippen LogP contribution in [-0.2, 0) is 0 Å². The number of aromatic nitrogens is 2. The van der Waals surface area contributed by atoms with Crippen molar-refractivity contribution in [3.8, 4) is 5.69 Å². The Bertz CT molecular complexity index is 653. The standard InChI is InChI=1S/C14H16FN3O/c15-10-6-3-7-11(8-10)18-14(19)12(16)13(17-18)9-4-1-2-5-9/h3,6-9,17H,1-2,4-5,16H2. The van der Waals surface area contributed by atoms with Gasteiger partial charge in [-0.25, -0.2) is 9.07 Å². The zero-order valence-corrected chi connectivity index (χ0v) is 10.5. The summed E-state index contributed by atoms with van der Waals surface area (Å²) in [4.78, 5) is 12.1. The quantitative estimate of drug-likeness (QED) is 0.872. The molecular weight excluding hydrogens is 245 g/mol. The molecule has 0 aliphatic heterocycles. The van der Waals surface area contributed by atoms with Crippen molar-refractivity contribution in [2.24, 2.45) is 0 Å². The highest BCUT2D eigenvalue weighted by molar-refractivity contribution is 5.46. The first-order chi connectivity index (χ1) is 9.16. The number of hydrogen-bond donors (Lipinski definition) is 2. The first kappa shape index (κ1) is 12.0. The molecule has 3 rings (SSSR count). The lowest BCUT2D eigenvalue weighted by Crippen LogP contribution is -2.16. The molecule has 0 radical (unpaired) electrons. The second kappa shape index (κ2) is 4.57. The van der Waals surface area contributed by atoms with Crippen LogP contribution in [0.5, 0.6) is 0 Å². The molecule has 1 aromatic heterocycles. The average Bonchev–Trinajstić information content (AvgIpc) is 3.00. The van der Waals surface area contributed by atoms with Gasteiger partial charge in [0, 0.05) is 5.92 Å². The third kappa shape index (κ3) is 2.05. The summed E-state index contributed by atoms with van der Waals surface area (Å²) in [5.74, 6) is -0.0532. The van der Waals surface area contributed by atoms with E-state index in [0.29, 0.717) is 11.6 Å². The van der Waals surface area contributed by atoms with E-state index < -0.39 is 0 Å². The molecule has 4 nitrogen and oxygen atoms in total. The number of nitrogens with two attached hydrogens (primary N) is 1. The largest absolute Gasteiger partial charge is 0.393 e. The van der Waals surface area contributed by atoms with E-state index in [-0.39, 0.29) is 17.1 Å². The predicted molar refractivity (Wildman–Crippen MR) is 72.0 cm³/mol. The number of nitrogens with zero attached hydrogens (tertiary/aromatic N) is 1. The molecule has 1 saturated carbocycles.